The summed E-state index contributed by atoms with van der Waals surface area (Å²) in [4.78, 5) is 10.3. The summed E-state index contributed by atoms with van der Waals surface area (Å²) in [7, 11) is 0. The predicted molar refractivity (Wildman–Crippen MR) is 76.8 cm³/mol. The van der Waals surface area contributed by atoms with E-state index in [0.29, 0.717) is 6.42 Å². The summed E-state index contributed by atoms with van der Waals surface area (Å²) in [5.41, 5.74) is 6.81. The van der Waals surface area contributed by atoms with E-state index < -0.39 is 11.9 Å². The van der Waals surface area contributed by atoms with Gasteiger partial charge in [-0.3, -0.25) is 4.79 Å². The Morgan fingerprint density at radius 3 is 2.21 bits per heavy atom. The van der Waals surface area contributed by atoms with Gasteiger partial charge in [0.25, 0.3) is 0 Å². The summed E-state index contributed by atoms with van der Waals surface area (Å²) in [6.07, 6.45) is 2.43. The summed E-state index contributed by atoms with van der Waals surface area (Å²) in [5.74, 6) is -1.45. The van der Waals surface area contributed by atoms with Gasteiger partial charge in [0, 0.05) is 6.04 Å². The minimum Gasteiger partial charge on any atom is -0.481 e. The van der Waals surface area contributed by atoms with Crippen LogP contribution in [0.25, 0.3) is 0 Å². The molecule has 0 spiro atoms. The smallest absolute Gasteiger partial charge is 0.308 e. The number of carboxylic acid groups (broad SMARTS) is 1. The zero-order valence-corrected chi connectivity index (χ0v) is 11.7. The second-order valence-electron chi connectivity index (χ2n) is 4.56. The van der Waals surface area contributed by atoms with Gasteiger partial charge in [-0.15, -0.1) is 0 Å². The molecule has 4 N–H and O–H groups in total. The summed E-state index contributed by atoms with van der Waals surface area (Å²) in [5, 5.41) is 17.0. The lowest BCUT2D eigenvalue weighted by Crippen LogP contribution is -2.17. The van der Waals surface area contributed by atoms with Gasteiger partial charge in [-0.05, 0) is 18.9 Å². The minimum atomic E-state index is -0.893. The zero-order chi connectivity index (χ0) is 14.7. The molecule has 1 aromatic carbocycles. The topological polar surface area (TPSA) is 83.5 Å². The van der Waals surface area contributed by atoms with Crippen LogP contribution in [0.15, 0.2) is 30.3 Å². The molecule has 108 valence electrons. The Balaban J connectivity index is 0.000000342. The van der Waals surface area contributed by atoms with E-state index >= 15 is 0 Å². The number of rotatable bonds is 6. The minimum absolute atomic E-state index is 0.159. The summed E-state index contributed by atoms with van der Waals surface area (Å²) < 4.78 is 0. The van der Waals surface area contributed by atoms with Crippen LogP contribution in [0.2, 0.25) is 0 Å². The third kappa shape index (κ3) is 8.35. The van der Waals surface area contributed by atoms with Crippen molar-refractivity contribution in [1.82, 2.24) is 0 Å². The first kappa shape index (κ1) is 17.6. The van der Waals surface area contributed by atoms with Crippen LogP contribution in [-0.4, -0.2) is 22.8 Å². The third-order valence-electron chi connectivity index (χ3n) is 2.80. The van der Waals surface area contributed by atoms with Crippen molar-refractivity contribution in [3.8, 4) is 0 Å². The first-order chi connectivity index (χ1) is 9.02. The van der Waals surface area contributed by atoms with Crippen molar-refractivity contribution in [3.05, 3.63) is 35.9 Å². The van der Waals surface area contributed by atoms with Crippen molar-refractivity contribution in [2.75, 3.05) is 6.61 Å². The lowest BCUT2D eigenvalue weighted by molar-refractivity contribution is -0.143. The standard InChI is InChI=1S/C8H11N.C7H14O3/c1-7(9)8-5-3-2-4-6-8;1-2-3-4-6(5-8)7(9)10/h2-7H,9H2,1H3;6,8H,2-5H2,1H3,(H,9,10)/t7-;/m1./s1. The van der Waals surface area contributed by atoms with Crippen LogP contribution in [0.5, 0.6) is 0 Å². The maximum absolute atomic E-state index is 10.3. The van der Waals surface area contributed by atoms with Gasteiger partial charge >= 0.3 is 5.97 Å². The monoisotopic (exact) mass is 267 g/mol. The Hall–Kier alpha value is -1.39. The molecule has 0 bridgehead atoms. The molecule has 0 aliphatic rings. The first-order valence-electron chi connectivity index (χ1n) is 6.67. The molecular formula is C15H25NO3. The van der Waals surface area contributed by atoms with Crippen LogP contribution < -0.4 is 5.73 Å². The van der Waals surface area contributed by atoms with Crippen LogP contribution >= 0.6 is 0 Å². The van der Waals surface area contributed by atoms with Crippen molar-refractivity contribution in [2.45, 2.75) is 39.2 Å². The van der Waals surface area contributed by atoms with Crippen molar-refractivity contribution in [2.24, 2.45) is 11.7 Å². The number of carbonyl (C=O) groups is 1. The van der Waals surface area contributed by atoms with Gasteiger partial charge in [0.2, 0.25) is 0 Å². The van der Waals surface area contributed by atoms with Gasteiger partial charge < -0.3 is 15.9 Å². The number of hydrogen-bond donors (Lipinski definition) is 3. The molecule has 0 amide bonds. The molecule has 0 heterocycles. The van der Waals surface area contributed by atoms with Crippen LogP contribution in [0, 0.1) is 5.92 Å². The molecule has 0 aliphatic heterocycles. The Bertz CT molecular complexity index is 339. The maximum atomic E-state index is 10.3. The molecule has 1 unspecified atom stereocenters. The SMILES string of the molecule is CCCCC(CO)C(=O)O.C[C@@H](N)c1ccccc1. The van der Waals surface area contributed by atoms with E-state index in [0.717, 1.165) is 12.8 Å². The van der Waals surface area contributed by atoms with Crippen molar-refractivity contribution >= 4 is 5.97 Å². The van der Waals surface area contributed by atoms with Crippen molar-refractivity contribution < 1.29 is 15.0 Å². The molecule has 0 radical (unpaired) electrons. The highest BCUT2D eigenvalue weighted by Crippen LogP contribution is 2.07. The number of aliphatic hydroxyl groups is 1. The average molecular weight is 267 g/mol. The number of carboxylic acids is 1. The van der Waals surface area contributed by atoms with E-state index in [-0.39, 0.29) is 12.6 Å². The van der Waals surface area contributed by atoms with Crippen LogP contribution in [0.3, 0.4) is 0 Å². The summed E-state index contributed by atoms with van der Waals surface area (Å²) >= 11 is 0. The molecule has 4 heteroatoms. The molecule has 0 aliphatic carbocycles. The highest BCUT2D eigenvalue weighted by atomic mass is 16.4. The average Bonchev–Trinajstić information content (AvgIpc) is 2.41. The Kier molecular flexibility index (Phi) is 9.75. The van der Waals surface area contributed by atoms with Crippen LogP contribution in [0.1, 0.15) is 44.7 Å². The molecule has 2 atom stereocenters. The largest absolute Gasteiger partial charge is 0.481 e. The van der Waals surface area contributed by atoms with E-state index in [4.69, 9.17) is 15.9 Å². The first-order valence-corrected chi connectivity index (χ1v) is 6.67. The van der Waals surface area contributed by atoms with Crippen LogP contribution in [0.4, 0.5) is 0 Å². The second-order valence-corrected chi connectivity index (χ2v) is 4.56. The molecule has 0 saturated carbocycles. The van der Waals surface area contributed by atoms with Gasteiger partial charge in [-0.2, -0.15) is 0 Å². The zero-order valence-electron chi connectivity index (χ0n) is 11.7. The molecule has 0 saturated heterocycles. The molecular weight excluding hydrogens is 242 g/mol. The van der Waals surface area contributed by atoms with Gasteiger partial charge in [0.1, 0.15) is 0 Å². The molecule has 1 aromatic rings. The lowest BCUT2D eigenvalue weighted by Gasteiger charge is -2.06. The Morgan fingerprint density at radius 1 is 1.32 bits per heavy atom. The van der Waals surface area contributed by atoms with Crippen molar-refractivity contribution in [1.29, 1.82) is 0 Å². The number of benzene rings is 1. The molecule has 1 rings (SSSR count). The summed E-state index contributed by atoms with van der Waals surface area (Å²) in [6, 6.07) is 10.2. The fraction of sp³-hybridized carbons (Fsp3) is 0.533. The maximum Gasteiger partial charge on any atom is 0.308 e. The predicted octanol–water partition coefficient (Wildman–Crippen LogP) is 2.58. The van der Waals surface area contributed by atoms with E-state index in [1.54, 1.807) is 0 Å². The number of hydrogen-bond acceptors (Lipinski definition) is 3. The van der Waals surface area contributed by atoms with Gasteiger partial charge in [-0.1, -0.05) is 50.1 Å². The van der Waals surface area contributed by atoms with Gasteiger partial charge in [0.05, 0.1) is 12.5 Å². The normalized spacial score (nSPS) is 13.1. The van der Waals surface area contributed by atoms with E-state index in [1.165, 1.54) is 5.56 Å². The highest BCUT2D eigenvalue weighted by molar-refractivity contribution is 5.69. The highest BCUT2D eigenvalue weighted by Gasteiger charge is 2.14. The number of unbranched alkanes of at least 4 members (excludes halogenated alkanes) is 1. The Morgan fingerprint density at radius 2 is 1.89 bits per heavy atom. The molecule has 4 nitrogen and oxygen atoms in total. The fourth-order valence-electron chi connectivity index (χ4n) is 1.50. The number of aliphatic carboxylic acids is 1. The van der Waals surface area contributed by atoms with E-state index in [2.05, 4.69) is 0 Å². The van der Waals surface area contributed by atoms with E-state index in [1.807, 2.05) is 44.2 Å². The summed E-state index contributed by atoms with van der Waals surface area (Å²) in [6.45, 7) is 3.74. The molecule has 0 aromatic heterocycles. The van der Waals surface area contributed by atoms with E-state index in [9.17, 15) is 4.79 Å². The van der Waals surface area contributed by atoms with Gasteiger partial charge in [-0.25, -0.2) is 0 Å². The quantitative estimate of drug-likeness (QED) is 0.739. The van der Waals surface area contributed by atoms with Crippen molar-refractivity contribution in [3.63, 3.8) is 0 Å². The molecule has 19 heavy (non-hydrogen) atoms. The molecule has 0 fully saturated rings. The third-order valence-corrected chi connectivity index (χ3v) is 2.80. The van der Waals surface area contributed by atoms with Gasteiger partial charge in [0.15, 0.2) is 0 Å². The lowest BCUT2D eigenvalue weighted by atomic mass is 10.0. The number of aliphatic hydroxyl groups excluding tert-OH is 1. The fourth-order valence-corrected chi connectivity index (χ4v) is 1.50. The van der Waals surface area contributed by atoms with Crippen LogP contribution in [-0.2, 0) is 4.79 Å². The number of nitrogens with two attached hydrogens (primary N) is 1. The second kappa shape index (κ2) is 10.5. The Labute approximate surface area is 115 Å².